The Kier molecular flexibility index (Phi) is 25.5. The average molecular weight is 1600 g/mol. The van der Waals surface area contributed by atoms with Gasteiger partial charge < -0.3 is 75.0 Å². The van der Waals surface area contributed by atoms with Crippen LogP contribution in [0.5, 0.6) is 5.75 Å². The van der Waals surface area contributed by atoms with Gasteiger partial charge >= 0.3 is 41.1 Å². The number of carbonyl (C=O) groups is 6. The van der Waals surface area contributed by atoms with Crippen molar-refractivity contribution in [3.63, 3.8) is 0 Å². The number of amides is 4. The smallest absolute Gasteiger partial charge is 0.490 e. The number of nitrogens with one attached hydrogen (secondary N) is 7. The van der Waals surface area contributed by atoms with E-state index in [0.717, 1.165) is 32.9 Å². The molecule has 3 aliphatic heterocycles. The number of ether oxygens (including phenoxy) is 1. The Labute approximate surface area is 641 Å². The summed E-state index contributed by atoms with van der Waals surface area (Å²) in [4.78, 5) is 162. The first-order valence-electron chi connectivity index (χ1n) is 35.1. The summed E-state index contributed by atoms with van der Waals surface area (Å²) in [5, 5.41) is 47.9. The maximum Gasteiger partial charge on any atom is 0.490 e. The number of anilines is 1. The normalized spacial score (nSPS) is 14.9. The molecule has 5 aromatic carbocycles. The molecule has 3 unspecified atom stereocenters. The number of aromatic amines is 1. The van der Waals surface area contributed by atoms with Gasteiger partial charge in [-0.2, -0.15) is 8.62 Å². The molecule has 113 heavy (non-hydrogen) atoms. The Hall–Kier alpha value is -11.9. The van der Waals surface area contributed by atoms with E-state index in [0.29, 0.717) is 93.4 Å². The van der Waals surface area contributed by atoms with Crippen molar-refractivity contribution in [2.75, 3.05) is 38.0 Å². The summed E-state index contributed by atoms with van der Waals surface area (Å²) in [6.07, 6.45) is -1.17. The molecule has 0 saturated carbocycles. The van der Waals surface area contributed by atoms with Crippen LogP contribution in [0.1, 0.15) is 128 Å². The minimum absolute atomic E-state index is 0.00812. The zero-order valence-corrected chi connectivity index (χ0v) is 63.3. The van der Waals surface area contributed by atoms with E-state index in [1.54, 1.807) is 36.4 Å². The molecule has 1 saturated heterocycles. The number of rotatable bonds is 28. The molecule has 33 nitrogen and oxygen atoms in total. The predicted molar refractivity (Wildman–Crippen MR) is 408 cm³/mol. The fraction of sp³-hybridized carbons (Fsp3) is 0.247. The van der Waals surface area contributed by atoms with Crippen molar-refractivity contribution in [2.24, 2.45) is 0 Å². The van der Waals surface area contributed by atoms with Crippen LogP contribution in [-0.4, -0.2) is 125 Å². The Balaban J connectivity index is 0.751. The van der Waals surface area contributed by atoms with Crippen LogP contribution in [0, 0.1) is 37.5 Å². The molecule has 1 fully saturated rings. The number of hydrogen-bond acceptors (Lipinski definition) is 20. The topological polar surface area (TPSA) is 504 Å². The molecule has 6 aromatic rings. The SMILES string of the molecule is CCNc1cc2oc3cc(=[NH+]CC)c(C)cc-3c(-c3ccc(C(=O)NC(Cc4ccc(C#CCNC(=O)c5ccc(-c6c7ccc(=O)cc-7oc7cc(O)ccc67)c(C(=O)O)c5)cc4)C(=O)NCCCCCC(=O)NCC#Cc4cn([C@H]5CC[C@@H](OP(=O)(O)OP(=O)(O)OP(=O)(O)O)O5)c(=O)[nH]c4=O)cc3C(=O)O)c2cc1C. The number of nitrogens with zero attached hydrogens (tertiary/aromatic N) is 1. The molecule has 11 rings (SSSR count). The van der Waals surface area contributed by atoms with E-state index in [2.05, 4.69) is 68.4 Å². The monoisotopic (exact) mass is 1600 g/mol. The second-order valence-electron chi connectivity index (χ2n) is 25.9. The summed E-state index contributed by atoms with van der Waals surface area (Å²) < 4.78 is 65.9. The van der Waals surface area contributed by atoms with Gasteiger partial charge in [-0.05, 0) is 142 Å². The fourth-order valence-electron chi connectivity index (χ4n) is 12.7. The summed E-state index contributed by atoms with van der Waals surface area (Å²) in [6.45, 7) is 8.71. The molecule has 1 aromatic heterocycles. The van der Waals surface area contributed by atoms with E-state index in [9.17, 15) is 82.0 Å². The summed E-state index contributed by atoms with van der Waals surface area (Å²) in [5.74, 6) is 6.39. The van der Waals surface area contributed by atoms with Gasteiger partial charge in [0.05, 0.1) is 30.3 Å². The number of phosphoric ester groups is 1. The molecule has 0 bridgehead atoms. The molecule has 0 radical (unpaired) electrons. The van der Waals surface area contributed by atoms with E-state index in [1.165, 1.54) is 60.7 Å². The number of aryl methyl sites for hydroxylation is 2. The van der Waals surface area contributed by atoms with Crippen molar-refractivity contribution in [1.82, 2.24) is 30.8 Å². The number of aromatic nitrogens is 2. The van der Waals surface area contributed by atoms with Crippen LogP contribution < -0.4 is 53.6 Å². The number of fused-ring (bicyclic) bond motifs is 4. The number of aromatic hydroxyl groups is 1. The van der Waals surface area contributed by atoms with Gasteiger partial charge in [0, 0.05) is 118 Å². The number of aromatic carboxylic acids is 2. The Morgan fingerprint density at radius 2 is 1.32 bits per heavy atom. The van der Waals surface area contributed by atoms with Crippen LogP contribution in [0.4, 0.5) is 5.69 Å². The fourth-order valence-corrected chi connectivity index (χ4v) is 15.9. The van der Waals surface area contributed by atoms with E-state index >= 15 is 0 Å². The quantitative estimate of drug-likeness (QED) is 0.0101. The van der Waals surface area contributed by atoms with E-state index < -0.39 is 88.8 Å². The Morgan fingerprint density at radius 1 is 0.664 bits per heavy atom. The Morgan fingerprint density at radius 3 is 2.00 bits per heavy atom. The number of phosphoric acid groups is 3. The van der Waals surface area contributed by atoms with Gasteiger partial charge in [0.2, 0.25) is 17.2 Å². The maximum atomic E-state index is 14.6. The van der Waals surface area contributed by atoms with Gasteiger partial charge in [-0.25, -0.2) is 33.1 Å². The van der Waals surface area contributed by atoms with Gasteiger partial charge in [-0.3, -0.25) is 42.8 Å². The third kappa shape index (κ3) is 20.4. The van der Waals surface area contributed by atoms with Crippen LogP contribution in [0.15, 0.2) is 151 Å². The summed E-state index contributed by atoms with van der Waals surface area (Å²) in [5.41, 5.74) is 3.80. The summed E-state index contributed by atoms with van der Waals surface area (Å²) in [7, 11) is -17.1. The number of phenolic OH excluding ortho intramolecular Hbond substituents is 1. The van der Waals surface area contributed by atoms with Gasteiger partial charge in [-0.1, -0.05) is 54.4 Å². The van der Waals surface area contributed by atoms with Crippen molar-refractivity contribution in [1.29, 1.82) is 0 Å². The number of carbonyl (C=O) groups excluding carboxylic acids is 4. The highest BCUT2D eigenvalue weighted by atomic mass is 31.3. The average Bonchev–Trinajstić information content (AvgIpc) is 0.844. The van der Waals surface area contributed by atoms with Crippen LogP contribution in [0.3, 0.4) is 0 Å². The first-order valence-corrected chi connectivity index (χ1v) is 39.6. The molecule has 5 aliphatic rings. The van der Waals surface area contributed by atoms with Crippen LogP contribution in [0.2, 0.25) is 0 Å². The number of benzene rings is 7. The van der Waals surface area contributed by atoms with E-state index in [-0.39, 0.29) is 101 Å². The van der Waals surface area contributed by atoms with Crippen molar-refractivity contribution in [3.05, 3.63) is 214 Å². The third-order valence-electron chi connectivity index (χ3n) is 17.9. The third-order valence-corrected chi connectivity index (χ3v) is 21.7. The minimum Gasteiger partial charge on any atom is -0.508 e. The molecule has 4 amide bonds. The number of H-pyrrole nitrogens is 1. The molecule has 4 heterocycles. The van der Waals surface area contributed by atoms with Crippen LogP contribution >= 0.6 is 23.5 Å². The number of carboxylic acid groups (broad SMARTS) is 2. The van der Waals surface area contributed by atoms with Gasteiger partial charge in [0.1, 0.15) is 52.8 Å². The highest BCUT2D eigenvalue weighted by Crippen LogP contribution is 2.67. The lowest BCUT2D eigenvalue weighted by molar-refractivity contribution is -0.496. The first kappa shape index (κ1) is 82.0. The van der Waals surface area contributed by atoms with Gasteiger partial charge in [-0.15, -0.1) is 0 Å². The maximum absolute atomic E-state index is 14.6. The number of phenols is 1. The van der Waals surface area contributed by atoms with Crippen molar-refractivity contribution in [3.8, 4) is 74.3 Å². The lowest BCUT2D eigenvalue weighted by Gasteiger charge is -2.20. The lowest BCUT2D eigenvalue weighted by atomic mass is 9.88. The molecule has 2 aliphatic carbocycles. The summed E-state index contributed by atoms with van der Waals surface area (Å²) >= 11 is 0. The molecule has 0 spiro atoms. The van der Waals surface area contributed by atoms with Crippen molar-refractivity contribution < 1.29 is 109 Å². The predicted octanol–water partition coefficient (Wildman–Crippen LogP) is 7.03. The Bertz CT molecular complexity index is 5940. The molecule has 5 atom stereocenters. The summed E-state index contributed by atoms with van der Waals surface area (Å²) in [6, 6.07) is 29.9. The first-order chi connectivity index (χ1) is 53.7. The highest BCUT2D eigenvalue weighted by molar-refractivity contribution is 7.66. The minimum atomic E-state index is -5.83. The second-order valence-corrected chi connectivity index (χ2v) is 30.3. The number of carboxylic acids is 2. The number of hydrogen-bond donors (Lipinski definition) is 14. The zero-order chi connectivity index (χ0) is 81.2. The lowest BCUT2D eigenvalue weighted by Crippen LogP contribution is -2.76. The highest BCUT2D eigenvalue weighted by Gasteiger charge is 2.44. The second kappa shape index (κ2) is 35.2. The van der Waals surface area contributed by atoms with Gasteiger partial charge in [0.25, 0.3) is 17.4 Å². The van der Waals surface area contributed by atoms with Crippen molar-refractivity contribution >= 4 is 86.7 Å². The van der Waals surface area contributed by atoms with Gasteiger partial charge in [0.15, 0.2) is 11.7 Å². The van der Waals surface area contributed by atoms with E-state index in [4.69, 9.17) is 23.4 Å². The standard InChI is InChI=1S/C77H73N8O25P3/c1-5-78-59-39-64-57(32-42(59)3)70(58-33-43(4)60(79-6-2)40-65(58)106-64)52-24-20-47(36-56(52)76(95)96)72(90)83-61(74(92)82-29-9-7-8-14-66(88)80-30-11-13-48-41-85(77(97)84-73(48)91)67-27-28-68(107-67)108-112(101,102)110-113(103,104)109-111(98,99)100)34-45-17-15-44(16-18-45)12-10-31-81-71(89)46-19-23-51(55(35-46)75(93)94)69-53-25-21-49(86)37-62(53)105-63-38-50(87)22-26-54(63)69/h15-26,32-33,35-41,61,67-68,78,86H,5-9,14,27-31,34H2,1-4H3,(H,80,88)(H,81,89)(H,82,92)(H,83,90)(H,93,94)(H,95,96)(H,101,102)(H,103,104)(H,84,91,97)(H2,98,99,100)/p+1/t61?,67-,68-/m1/s1. The number of unbranched alkanes of at least 4 members (excludes halogenated alkanes) is 2. The molecule has 14 N–H and O–H groups in total. The zero-order valence-electron chi connectivity index (χ0n) is 60.6. The largest absolute Gasteiger partial charge is 0.508 e. The van der Waals surface area contributed by atoms with E-state index in [1.807, 2.05) is 56.9 Å². The van der Waals surface area contributed by atoms with Crippen LogP contribution in [-0.2, 0) is 47.6 Å². The van der Waals surface area contributed by atoms with Crippen molar-refractivity contribution in [2.45, 2.75) is 91.2 Å². The molecule has 586 valence electrons. The van der Waals surface area contributed by atoms with Crippen LogP contribution in [0.25, 0.3) is 66.8 Å². The molecular formula is C77H74N8O25P3+. The molecular weight excluding hydrogens is 1530 g/mol. The molecule has 36 heteroatoms.